The van der Waals surface area contributed by atoms with Crippen molar-refractivity contribution in [2.45, 2.75) is 0 Å². The number of carbonyl (C=O) groups excluding carboxylic acids is 1. The Morgan fingerprint density at radius 3 is 2.50 bits per heavy atom. The molecule has 112 valence electrons. The third-order valence-electron chi connectivity index (χ3n) is 3.22. The molecule has 3 rings (SSSR count). The highest BCUT2D eigenvalue weighted by molar-refractivity contribution is 8.14. The Kier molecular flexibility index (Phi) is 4.80. The molecule has 3 nitrogen and oxygen atoms in total. The van der Waals surface area contributed by atoms with E-state index in [4.69, 9.17) is 16.3 Å². The second-order valence-corrected chi connectivity index (χ2v) is 6.30. The zero-order valence-corrected chi connectivity index (χ0v) is 13.4. The molecule has 0 unspecified atom stereocenters. The van der Waals surface area contributed by atoms with Crippen LogP contribution in [0.1, 0.15) is 15.9 Å². The van der Waals surface area contributed by atoms with Crippen LogP contribution in [0.3, 0.4) is 0 Å². The molecule has 2 aromatic carbocycles. The van der Waals surface area contributed by atoms with Crippen LogP contribution in [0.2, 0.25) is 5.02 Å². The Morgan fingerprint density at radius 2 is 1.86 bits per heavy atom. The largest absolute Gasteiger partial charge is 0.485 e. The number of hydrogen-bond donors (Lipinski definition) is 0. The normalized spacial score (nSPS) is 13.8. The van der Waals surface area contributed by atoms with Crippen LogP contribution in [0.4, 0.5) is 0 Å². The highest BCUT2D eigenvalue weighted by atomic mass is 35.5. The quantitative estimate of drug-likeness (QED) is 0.774. The van der Waals surface area contributed by atoms with E-state index in [1.54, 1.807) is 36.0 Å². The molecule has 0 fully saturated rings. The van der Waals surface area contributed by atoms with Crippen molar-refractivity contribution >= 4 is 34.2 Å². The van der Waals surface area contributed by atoms with Gasteiger partial charge in [0.15, 0.2) is 12.4 Å². The smallest absolute Gasteiger partial charge is 0.200 e. The number of nitrogens with zero attached hydrogens (tertiary/aromatic N) is 1. The fourth-order valence-electron chi connectivity index (χ4n) is 2.07. The summed E-state index contributed by atoms with van der Waals surface area (Å²) >= 11 is 7.57. The van der Waals surface area contributed by atoms with Gasteiger partial charge in [-0.05, 0) is 48.5 Å². The number of Topliss-reactive ketones (excluding diaryl/α,β-unsaturated/α-hetero) is 1. The average molecular weight is 332 g/mol. The maximum Gasteiger partial charge on any atom is 0.200 e. The Bertz CT molecular complexity index is 696. The molecular weight excluding hydrogens is 318 g/mol. The van der Waals surface area contributed by atoms with Crippen molar-refractivity contribution in [3.8, 4) is 5.75 Å². The maximum atomic E-state index is 12.0. The fourth-order valence-corrected chi connectivity index (χ4v) is 3.06. The summed E-state index contributed by atoms with van der Waals surface area (Å²) in [5.41, 5.74) is 1.69. The van der Waals surface area contributed by atoms with E-state index in [0.29, 0.717) is 16.3 Å². The third kappa shape index (κ3) is 3.70. The van der Waals surface area contributed by atoms with Gasteiger partial charge in [-0.15, -0.1) is 11.8 Å². The summed E-state index contributed by atoms with van der Waals surface area (Å²) in [6, 6.07) is 14.5. The topological polar surface area (TPSA) is 38.7 Å². The van der Waals surface area contributed by atoms with Crippen molar-refractivity contribution in [2.75, 3.05) is 18.9 Å². The minimum absolute atomic E-state index is 0.0106. The monoisotopic (exact) mass is 331 g/mol. The summed E-state index contributed by atoms with van der Waals surface area (Å²) in [5.74, 6) is 1.65. The van der Waals surface area contributed by atoms with Gasteiger partial charge in [-0.2, -0.15) is 0 Å². The second-order valence-electron chi connectivity index (χ2n) is 4.78. The highest BCUT2D eigenvalue weighted by Gasteiger charge is 2.10. The zero-order chi connectivity index (χ0) is 15.4. The highest BCUT2D eigenvalue weighted by Crippen LogP contribution is 2.21. The van der Waals surface area contributed by atoms with Crippen molar-refractivity contribution in [3.63, 3.8) is 0 Å². The lowest BCUT2D eigenvalue weighted by atomic mass is 10.1. The van der Waals surface area contributed by atoms with Gasteiger partial charge < -0.3 is 4.74 Å². The Hall–Kier alpha value is -1.78. The van der Waals surface area contributed by atoms with Crippen molar-refractivity contribution < 1.29 is 9.53 Å². The number of rotatable bonds is 5. The Labute approximate surface area is 138 Å². The number of aliphatic imine (C=N–C) groups is 1. The van der Waals surface area contributed by atoms with Crippen LogP contribution in [-0.2, 0) is 0 Å². The van der Waals surface area contributed by atoms with E-state index in [1.807, 2.05) is 24.3 Å². The van der Waals surface area contributed by atoms with Crippen LogP contribution in [0.5, 0.6) is 5.75 Å². The molecule has 0 amide bonds. The summed E-state index contributed by atoms with van der Waals surface area (Å²) in [6.07, 6.45) is 0. The van der Waals surface area contributed by atoms with Gasteiger partial charge in [-0.25, -0.2) is 0 Å². The van der Waals surface area contributed by atoms with Gasteiger partial charge in [-0.1, -0.05) is 11.6 Å². The van der Waals surface area contributed by atoms with Crippen LogP contribution in [0, 0.1) is 0 Å². The third-order valence-corrected chi connectivity index (χ3v) is 4.50. The van der Waals surface area contributed by atoms with E-state index in [2.05, 4.69) is 4.99 Å². The summed E-state index contributed by atoms with van der Waals surface area (Å²) in [7, 11) is 0. The Balaban J connectivity index is 1.59. The molecule has 0 bridgehead atoms. The molecule has 2 aromatic rings. The number of ketones is 1. The van der Waals surface area contributed by atoms with E-state index in [0.717, 1.165) is 22.9 Å². The molecule has 0 aliphatic carbocycles. The molecule has 5 heteroatoms. The lowest BCUT2D eigenvalue weighted by molar-refractivity contribution is 0.0921. The van der Waals surface area contributed by atoms with Crippen LogP contribution >= 0.6 is 23.4 Å². The molecule has 22 heavy (non-hydrogen) atoms. The number of carbonyl (C=O) groups is 1. The van der Waals surface area contributed by atoms with E-state index < -0.39 is 0 Å². The first-order valence-electron chi connectivity index (χ1n) is 6.91. The van der Waals surface area contributed by atoms with Gasteiger partial charge in [0.1, 0.15) is 5.75 Å². The van der Waals surface area contributed by atoms with Gasteiger partial charge in [0.2, 0.25) is 0 Å². The van der Waals surface area contributed by atoms with Crippen LogP contribution in [0.25, 0.3) is 0 Å². The van der Waals surface area contributed by atoms with E-state index in [1.165, 1.54) is 0 Å². The van der Waals surface area contributed by atoms with Gasteiger partial charge in [-0.3, -0.25) is 9.79 Å². The first-order valence-corrected chi connectivity index (χ1v) is 8.28. The minimum Gasteiger partial charge on any atom is -0.485 e. The molecule has 0 N–H and O–H groups in total. The molecule has 0 saturated carbocycles. The van der Waals surface area contributed by atoms with Crippen molar-refractivity contribution in [2.24, 2.45) is 4.99 Å². The van der Waals surface area contributed by atoms with Crippen LogP contribution < -0.4 is 4.74 Å². The first kappa shape index (κ1) is 15.1. The van der Waals surface area contributed by atoms with E-state index in [-0.39, 0.29) is 12.4 Å². The molecule has 1 aliphatic heterocycles. The van der Waals surface area contributed by atoms with E-state index >= 15 is 0 Å². The molecule has 0 spiro atoms. The standard InChI is InChI=1S/C17H14ClNO2S/c18-14-5-1-12(2-6-14)16(20)11-21-15-7-3-13(4-8-15)17-19-9-10-22-17/h1-8H,9-11H2. The molecule has 0 atom stereocenters. The van der Waals surface area contributed by atoms with Crippen molar-refractivity contribution in [3.05, 3.63) is 64.7 Å². The maximum absolute atomic E-state index is 12.0. The van der Waals surface area contributed by atoms with Crippen molar-refractivity contribution in [1.82, 2.24) is 0 Å². The summed E-state index contributed by atoms with van der Waals surface area (Å²) in [5, 5.41) is 1.68. The Morgan fingerprint density at radius 1 is 1.14 bits per heavy atom. The lowest BCUT2D eigenvalue weighted by Crippen LogP contribution is -2.11. The molecule has 0 aromatic heterocycles. The van der Waals surface area contributed by atoms with E-state index in [9.17, 15) is 4.79 Å². The molecule has 1 heterocycles. The summed E-state index contributed by atoms with van der Waals surface area (Å²) in [6.45, 7) is 0.893. The van der Waals surface area contributed by atoms with Crippen LogP contribution in [-0.4, -0.2) is 29.7 Å². The van der Waals surface area contributed by atoms with Crippen LogP contribution in [0.15, 0.2) is 53.5 Å². The molecular formula is C17H14ClNO2S. The second kappa shape index (κ2) is 6.99. The van der Waals surface area contributed by atoms with Gasteiger partial charge in [0, 0.05) is 28.4 Å². The fraction of sp³-hybridized carbons (Fsp3) is 0.176. The molecule has 1 aliphatic rings. The predicted octanol–water partition coefficient (Wildman–Crippen LogP) is 4.10. The molecule has 0 radical (unpaired) electrons. The number of thioether (sulfide) groups is 1. The summed E-state index contributed by atoms with van der Waals surface area (Å²) < 4.78 is 5.54. The average Bonchev–Trinajstić information content (AvgIpc) is 3.08. The van der Waals surface area contributed by atoms with Crippen molar-refractivity contribution in [1.29, 1.82) is 0 Å². The van der Waals surface area contributed by atoms with Gasteiger partial charge >= 0.3 is 0 Å². The number of halogens is 1. The summed E-state index contributed by atoms with van der Waals surface area (Å²) in [4.78, 5) is 16.4. The number of ether oxygens (including phenoxy) is 1. The lowest BCUT2D eigenvalue weighted by Gasteiger charge is -2.07. The number of hydrogen-bond acceptors (Lipinski definition) is 4. The SMILES string of the molecule is O=C(COc1ccc(C2=NCCS2)cc1)c1ccc(Cl)cc1. The minimum atomic E-state index is -0.0727. The first-order chi connectivity index (χ1) is 10.7. The number of benzene rings is 2. The van der Waals surface area contributed by atoms with Gasteiger partial charge in [0.25, 0.3) is 0 Å². The molecule has 0 saturated heterocycles. The zero-order valence-electron chi connectivity index (χ0n) is 11.8. The van der Waals surface area contributed by atoms with Gasteiger partial charge in [0.05, 0.1) is 5.04 Å². The predicted molar refractivity (Wildman–Crippen MR) is 91.6 cm³/mol.